The number of nitro benzene ring substituents is 1. The summed E-state index contributed by atoms with van der Waals surface area (Å²) < 4.78 is 5.21. The summed E-state index contributed by atoms with van der Waals surface area (Å²) in [6.07, 6.45) is -0.811. The van der Waals surface area contributed by atoms with Gasteiger partial charge in [-0.05, 0) is 18.6 Å². The van der Waals surface area contributed by atoms with Crippen molar-refractivity contribution in [2.45, 2.75) is 19.1 Å². The molecule has 2 rings (SSSR count). The minimum absolute atomic E-state index is 0.102. The summed E-state index contributed by atoms with van der Waals surface area (Å²) in [4.78, 5) is 23.8. The largest absolute Gasteiger partial charge is 0.389 e. The molecule has 1 aromatic carbocycles. The predicted molar refractivity (Wildman–Crippen MR) is 74.9 cm³/mol. The van der Waals surface area contributed by atoms with Crippen LogP contribution in [0, 0.1) is 10.1 Å². The molecule has 0 bridgehead atoms. The van der Waals surface area contributed by atoms with Crippen molar-refractivity contribution in [2.24, 2.45) is 5.73 Å². The maximum atomic E-state index is 11.5. The fourth-order valence-corrected chi connectivity index (χ4v) is 2.32. The van der Waals surface area contributed by atoms with E-state index in [-0.39, 0.29) is 12.3 Å². The Morgan fingerprint density at radius 3 is 2.90 bits per heavy atom. The third-order valence-corrected chi connectivity index (χ3v) is 3.44. The second-order valence-electron chi connectivity index (χ2n) is 4.87. The molecule has 1 aliphatic heterocycles. The Hall–Kier alpha value is -2.19. The highest BCUT2D eigenvalue weighted by molar-refractivity contribution is 5.85. The van der Waals surface area contributed by atoms with Gasteiger partial charge in [-0.15, -0.1) is 0 Å². The van der Waals surface area contributed by atoms with E-state index in [1.54, 1.807) is 11.0 Å². The van der Waals surface area contributed by atoms with Crippen molar-refractivity contribution in [3.8, 4) is 0 Å². The van der Waals surface area contributed by atoms with Crippen molar-refractivity contribution < 1.29 is 19.6 Å². The third kappa shape index (κ3) is 3.11. The van der Waals surface area contributed by atoms with Crippen LogP contribution in [0.2, 0.25) is 0 Å². The van der Waals surface area contributed by atoms with E-state index in [2.05, 4.69) is 0 Å². The van der Waals surface area contributed by atoms with Crippen molar-refractivity contribution in [1.82, 2.24) is 0 Å². The summed E-state index contributed by atoms with van der Waals surface area (Å²) in [6.45, 7) is 2.33. The number of carbonyl (C=O) groups is 1. The Morgan fingerprint density at radius 2 is 2.33 bits per heavy atom. The van der Waals surface area contributed by atoms with Gasteiger partial charge in [-0.3, -0.25) is 14.9 Å². The van der Waals surface area contributed by atoms with Crippen molar-refractivity contribution in [3.63, 3.8) is 0 Å². The van der Waals surface area contributed by atoms with Crippen LogP contribution in [-0.4, -0.2) is 41.7 Å². The fraction of sp³-hybridized carbons (Fsp3) is 0.462. The highest BCUT2D eigenvalue weighted by Crippen LogP contribution is 2.33. The number of carbonyl (C=O) groups excluding carboxylic acids is 1. The number of hydrogen-bond donors (Lipinski definition) is 2. The lowest BCUT2D eigenvalue weighted by Crippen LogP contribution is -2.52. The van der Waals surface area contributed by atoms with E-state index in [0.29, 0.717) is 24.4 Å². The number of hydrogen-bond acceptors (Lipinski definition) is 6. The molecule has 0 saturated carbocycles. The van der Waals surface area contributed by atoms with Crippen molar-refractivity contribution in [2.75, 3.05) is 24.7 Å². The second kappa shape index (κ2) is 6.06. The van der Waals surface area contributed by atoms with E-state index in [1.807, 2.05) is 0 Å². The number of nitro groups is 1. The van der Waals surface area contributed by atoms with E-state index in [1.165, 1.54) is 19.1 Å². The number of aliphatic hydroxyl groups is 1. The standard InChI is InChI=1S/C13H17N3O5/c1-8(17)9-2-3-10(11(6-9)16(19)20)15-4-5-21-7-12(15)13(14)18/h2-3,6,8,12,17H,4-5,7H2,1H3,(H2,14,18). The van der Waals surface area contributed by atoms with Gasteiger partial charge in [0.1, 0.15) is 11.7 Å². The van der Waals surface area contributed by atoms with Gasteiger partial charge >= 0.3 is 0 Å². The van der Waals surface area contributed by atoms with Crippen LogP contribution in [0.5, 0.6) is 0 Å². The van der Waals surface area contributed by atoms with Crippen molar-refractivity contribution >= 4 is 17.3 Å². The van der Waals surface area contributed by atoms with Crippen LogP contribution >= 0.6 is 0 Å². The van der Waals surface area contributed by atoms with Crippen LogP contribution < -0.4 is 10.6 Å². The molecular weight excluding hydrogens is 278 g/mol. The quantitative estimate of drug-likeness (QED) is 0.610. The van der Waals surface area contributed by atoms with Crippen LogP contribution in [-0.2, 0) is 9.53 Å². The van der Waals surface area contributed by atoms with E-state index in [4.69, 9.17) is 10.5 Å². The van der Waals surface area contributed by atoms with Crippen LogP contribution in [0.25, 0.3) is 0 Å². The Labute approximate surface area is 121 Å². The number of nitrogens with zero attached hydrogens (tertiary/aromatic N) is 2. The maximum Gasteiger partial charge on any atom is 0.292 e. The number of primary amides is 1. The van der Waals surface area contributed by atoms with Crippen LogP contribution in [0.1, 0.15) is 18.6 Å². The molecule has 3 N–H and O–H groups in total. The van der Waals surface area contributed by atoms with Gasteiger partial charge < -0.3 is 20.5 Å². The first-order valence-corrected chi connectivity index (χ1v) is 6.52. The molecule has 1 heterocycles. The number of anilines is 1. The molecule has 2 atom stereocenters. The number of nitrogens with two attached hydrogens (primary N) is 1. The Balaban J connectivity index is 2.46. The van der Waals surface area contributed by atoms with Gasteiger partial charge in [0.25, 0.3) is 5.69 Å². The minimum Gasteiger partial charge on any atom is -0.389 e. The molecule has 1 saturated heterocycles. The monoisotopic (exact) mass is 295 g/mol. The highest BCUT2D eigenvalue weighted by Gasteiger charge is 2.32. The molecule has 2 unspecified atom stereocenters. The summed E-state index contributed by atoms with van der Waals surface area (Å²) in [5.41, 5.74) is 5.91. The van der Waals surface area contributed by atoms with Crippen molar-refractivity contribution in [1.29, 1.82) is 0 Å². The predicted octanol–water partition coefficient (Wildman–Crippen LogP) is 0.339. The molecule has 0 aromatic heterocycles. The molecule has 114 valence electrons. The lowest BCUT2D eigenvalue weighted by molar-refractivity contribution is -0.384. The molecular formula is C13H17N3O5. The number of rotatable bonds is 4. The van der Waals surface area contributed by atoms with Gasteiger partial charge in [0.2, 0.25) is 5.91 Å². The van der Waals surface area contributed by atoms with E-state index < -0.39 is 23.0 Å². The first-order chi connectivity index (χ1) is 9.91. The molecule has 8 nitrogen and oxygen atoms in total. The highest BCUT2D eigenvalue weighted by atomic mass is 16.6. The lowest BCUT2D eigenvalue weighted by Gasteiger charge is -2.35. The summed E-state index contributed by atoms with van der Waals surface area (Å²) in [5, 5.41) is 20.8. The van der Waals surface area contributed by atoms with Crippen LogP contribution in [0.15, 0.2) is 18.2 Å². The molecule has 1 amide bonds. The van der Waals surface area contributed by atoms with E-state index >= 15 is 0 Å². The third-order valence-electron chi connectivity index (χ3n) is 3.44. The topological polar surface area (TPSA) is 119 Å². The summed E-state index contributed by atoms with van der Waals surface area (Å²) in [7, 11) is 0. The molecule has 1 aliphatic rings. The first-order valence-electron chi connectivity index (χ1n) is 6.52. The fourth-order valence-electron chi connectivity index (χ4n) is 2.32. The molecule has 1 aromatic rings. The zero-order valence-corrected chi connectivity index (χ0v) is 11.6. The summed E-state index contributed by atoms with van der Waals surface area (Å²) in [5.74, 6) is -0.594. The maximum absolute atomic E-state index is 11.5. The van der Waals surface area contributed by atoms with Gasteiger partial charge in [-0.1, -0.05) is 6.07 Å². The number of morpholine rings is 1. The number of ether oxygens (including phenoxy) is 1. The average Bonchev–Trinajstić information content (AvgIpc) is 2.46. The smallest absolute Gasteiger partial charge is 0.292 e. The summed E-state index contributed by atoms with van der Waals surface area (Å²) in [6, 6.07) is 3.70. The van der Waals surface area contributed by atoms with Gasteiger partial charge in [-0.2, -0.15) is 0 Å². The zero-order chi connectivity index (χ0) is 15.6. The van der Waals surface area contributed by atoms with Gasteiger partial charge in [0.05, 0.1) is 24.2 Å². The van der Waals surface area contributed by atoms with E-state index in [0.717, 1.165) is 0 Å². The lowest BCUT2D eigenvalue weighted by atomic mass is 10.1. The number of aliphatic hydroxyl groups excluding tert-OH is 1. The Kier molecular flexibility index (Phi) is 4.39. The molecule has 0 aliphatic carbocycles. The Morgan fingerprint density at radius 1 is 1.62 bits per heavy atom. The SMILES string of the molecule is CC(O)c1ccc(N2CCOCC2C(N)=O)c([N+](=O)[O-])c1. The zero-order valence-electron chi connectivity index (χ0n) is 11.6. The molecule has 0 spiro atoms. The van der Waals surface area contributed by atoms with Crippen LogP contribution in [0.4, 0.5) is 11.4 Å². The number of amides is 1. The van der Waals surface area contributed by atoms with E-state index in [9.17, 15) is 20.0 Å². The molecule has 0 radical (unpaired) electrons. The van der Waals surface area contributed by atoms with Gasteiger partial charge in [-0.25, -0.2) is 0 Å². The average molecular weight is 295 g/mol. The first kappa shape index (κ1) is 15.2. The summed E-state index contributed by atoms with van der Waals surface area (Å²) >= 11 is 0. The molecule has 1 fully saturated rings. The van der Waals surface area contributed by atoms with Gasteiger partial charge in [0.15, 0.2) is 0 Å². The second-order valence-corrected chi connectivity index (χ2v) is 4.87. The van der Waals surface area contributed by atoms with Crippen molar-refractivity contribution in [3.05, 3.63) is 33.9 Å². The van der Waals surface area contributed by atoms with Crippen LogP contribution in [0.3, 0.4) is 0 Å². The Bertz CT molecular complexity index is 561. The molecule has 21 heavy (non-hydrogen) atoms. The molecule has 8 heteroatoms. The minimum atomic E-state index is -0.811. The normalized spacial score (nSPS) is 20.1. The van der Waals surface area contributed by atoms with Gasteiger partial charge in [0, 0.05) is 12.6 Å². The number of benzene rings is 1.